The fraction of sp³-hybridized carbons (Fsp3) is 0.214. The van der Waals surface area contributed by atoms with Crippen molar-refractivity contribution in [3.8, 4) is 11.3 Å². The summed E-state index contributed by atoms with van der Waals surface area (Å²) in [5.74, 6) is 0.413. The maximum absolute atomic E-state index is 11.8. The van der Waals surface area contributed by atoms with Crippen LogP contribution in [0, 0.1) is 0 Å². The number of pyridine rings is 1. The summed E-state index contributed by atoms with van der Waals surface area (Å²) in [5, 5.41) is 5.22. The van der Waals surface area contributed by atoms with Gasteiger partial charge in [0.05, 0.1) is 0 Å². The Hall–Kier alpha value is -2.63. The van der Waals surface area contributed by atoms with Gasteiger partial charge in [-0.15, -0.1) is 0 Å². The predicted octanol–water partition coefficient (Wildman–Crippen LogP) is 1.99. The predicted molar refractivity (Wildman–Crippen MR) is 73.4 cm³/mol. The molecule has 20 heavy (non-hydrogen) atoms. The summed E-state index contributed by atoms with van der Waals surface area (Å²) in [6, 6.07) is 6.56. The average molecular weight is 271 g/mol. The van der Waals surface area contributed by atoms with E-state index < -0.39 is 5.63 Å². The number of anilines is 1. The van der Waals surface area contributed by atoms with Crippen molar-refractivity contribution >= 4 is 11.7 Å². The molecule has 0 radical (unpaired) electrons. The summed E-state index contributed by atoms with van der Waals surface area (Å²) >= 11 is 0. The lowest BCUT2D eigenvalue weighted by atomic mass is 10.2. The zero-order valence-corrected chi connectivity index (χ0v) is 10.6. The molecule has 6 nitrogen and oxygen atoms in total. The van der Waals surface area contributed by atoms with E-state index in [2.05, 4.69) is 15.6 Å². The first-order chi connectivity index (χ1) is 9.72. The SMILES string of the molecule is O=C(Nc1ccc(-c2cccnc2)oc1=O)NC1CC1. The van der Waals surface area contributed by atoms with Gasteiger partial charge in [-0.05, 0) is 37.1 Å². The highest BCUT2D eigenvalue weighted by Gasteiger charge is 2.23. The molecule has 0 unspecified atom stereocenters. The molecule has 2 heterocycles. The number of nitrogens with one attached hydrogen (secondary N) is 2. The van der Waals surface area contributed by atoms with Gasteiger partial charge in [-0.2, -0.15) is 0 Å². The highest BCUT2D eigenvalue weighted by molar-refractivity contribution is 5.89. The first-order valence-electron chi connectivity index (χ1n) is 6.34. The van der Waals surface area contributed by atoms with E-state index in [1.165, 1.54) is 6.07 Å². The molecule has 102 valence electrons. The summed E-state index contributed by atoms with van der Waals surface area (Å²) in [4.78, 5) is 27.3. The molecule has 3 rings (SSSR count). The number of carbonyl (C=O) groups excluding carboxylic acids is 1. The summed E-state index contributed by atoms with van der Waals surface area (Å²) < 4.78 is 5.18. The van der Waals surface area contributed by atoms with Crippen LogP contribution in [0.15, 0.2) is 45.9 Å². The van der Waals surface area contributed by atoms with Gasteiger partial charge in [-0.25, -0.2) is 9.59 Å². The molecular formula is C14H13N3O3. The number of hydrogen-bond acceptors (Lipinski definition) is 4. The molecule has 0 aromatic carbocycles. The lowest BCUT2D eigenvalue weighted by Crippen LogP contribution is -2.32. The third-order valence-corrected chi connectivity index (χ3v) is 2.93. The van der Waals surface area contributed by atoms with Crippen molar-refractivity contribution in [3.63, 3.8) is 0 Å². The summed E-state index contributed by atoms with van der Waals surface area (Å²) in [7, 11) is 0. The van der Waals surface area contributed by atoms with Crippen molar-refractivity contribution in [1.82, 2.24) is 10.3 Å². The molecule has 1 aliphatic carbocycles. The van der Waals surface area contributed by atoms with Gasteiger partial charge < -0.3 is 15.1 Å². The second-order valence-electron chi connectivity index (χ2n) is 4.62. The van der Waals surface area contributed by atoms with E-state index in [1.807, 2.05) is 0 Å². The normalized spacial score (nSPS) is 13.8. The van der Waals surface area contributed by atoms with E-state index in [4.69, 9.17) is 4.42 Å². The number of rotatable bonds is 3. The zero-order chi connectivity index (χ0) is 13.9. The highest BCUT2D eigenvalue weighted by Crippen LogP contribution is 2.19. The summed E-state index contributed by atoms with van der Waals surface area (Å²) in [6.07, 6.45) is 5.22. The molecule has 2 N–H and O–H groups in total. The molecule has 0 spiro atoms. The van der Waals surface area contributed by atoms with Gasteiger partial charge in [0.1, 0.15) is 11.4 Å². The standard InChI is InChI=1S/C14H13N3O3/c18-13-11(17-14(19)16-10-3-4-10)5-6-12(20-13)9-2-1-7-15-8-9/h1-2,5-8,10H,3-4H2,(H2,16,17,19). The number of urea groups is 1. The van der Waals surface area contributed by atoms with Crippen LogP contribution in [0.4, 0.5) is 10.5 Å². The van der Waals surface area contributed by atoms with Crippen LogP contribution < -0.4 is 16.3 Å². The van der Waals surface area contributed by atoms with Gasteiger partial charge in [-0.1, -0.05) is 0 Å². The Morgan fingerprint density at radius 1 is 1.30 bits per heavy atom. The van der Waals surface area contributed by atoms with Crippen molar-refractivity contribution < 1.29 is 9.21 Å². The molecule has 0 aliphatic heterocycles. The lowest BCUT2D eigenvalue weighted by molar-refractivity contribution is 0.251. The molecule has 2 aromatic rings. The fourth-order valence-corrected chi connectivity index (χ4v) is 1.74. The molecule has 0 bridgehead atoms. The Labute approximate surface area is 114 Å². The number of carbonyl (C=O) groups is 1. The number of nitrogens with zero attached hydrogens (tertiary/aromatic N) is 1. The molecule has 6 heteroatoms. The fourth-order valence-electron chi connectivity index (χ4n) is 1.74. The minimum absolute atomic E-state index is 0.121. The molecule has 2 amide bonds. The molecule has 0 saturated heterocycles. The van der Waals surface area contributed by atoms with Gasteiger partial charge in [0, 0.05) is 24.0 Å². The molecule has 0 atom stereocenters. The number of aromatic nitrogens is 1. The van der Waals surface area contributed by atoms with Crippen molar-refractivity contribution in [2.45, 2.75) is 18.9 Å². The number of amides is 2. The van der Waals surface area contributed by atoms with Crippen molar-refractivity contribution in [3.05, 3.63) is 47.1 Å². The highest BCUT2D eigenvalue weighted by atomic mass is 16.4. The molecule has 1 fully saturated rings. The van der Waals surface area contributed by atoms with Gasteiger partial charge in [-0.3, -0.25) is 4.98 Å². The van der Waals surface area contributed by atoms with E-state index in [0.717, 1.165) is 12.8 Å². The second kappa shape index (κ2) is 5.16. The Balaban J connectivity index is 1.77. The van der Waals surface area contributed by atoms with Crippen molar-refractivity contribution in [2.24, 2.45) is 0 Å². The van der Waals surface area contributed by atoms with Gasteiger partial charge >= 0.3 is 11.7 Å². The van der Waals surface area contributed by atoms with E-state index >= 15 is 0 Å². The minimum Gasteiger partial charge on any atom is -0.421 e. The topological polar surface area (TPSA) is 84.2 Å². The Kier molecular flexibility index (Phi) is 3.20. The maximum atomic E-state index is 11.8. The van der Waals surface area contributed by atoms with E-state index in [-0.39, 0.29) is 17.8 Å². The third kappa shape index (κ3) is 2.85. The van der Waals surface area contributed by atoms with Crippen molar-refractivity contribution in [1.29, 1.82) is 0 Å². The van der Waals surface area contributed by atoms with Gasteiger partial charge in [0.2, 0.25) is 0 Å². The Bertz CT molecular complexity index is 678. The number of hydrogen-bond donors (Lipinski definition) is 2. The van der Waals surface area contributed by atoms with Crippen LogP contribution in [-0.2, 0) is 0 Å². The summed E-state index contributed by atoms with van der Waals surface area (Å²) in [6.45, 7) is 0. The largest absolute Gasteiger partial charge is 0.421 e. The smallest absolute Gasteiger partial charge is 0.360 e. The van der Waals surface area contributed by atoms with Crippen LogP contribution in [0.2, 0.25) is 0 Å². The Morgan fingerprint density at radius 3 is 2.80 bits per heavy atom. The monoisotopic (exact) mass is 271 g/mol. The zero-order valence-electron chi connectivity index (χ0n) is 10.6. The van der Waals surface area contributed by atoms with E-state index in [1.54, 1.807) is 30.6 Å². The van der Waals surface area contributed by atoms with Crippen LogP contribution >= 0.6 is 0 Å². The lowest BCUT2D eigenvalue weighted by Gasteiger charge is -2.06. The summed E-state index contributed by atoms with van der Waals surface area (Å²) in [5.41, 5.74) is 0.242. The van der Waals surface area contributed by atoms with Crippen LogP contribution in [-0.4, -0.2) is 17.1 Å². The van der Waals surface area contributed by atoms with Gasteiger partial charge in [0.25, 0.3) is 0 Å². The first-order valence-corrected chi connectivity index (χ1v) is 6.34. The minimum atomic E-state index is -0.586. The quantitative estimate of drug-likeness (QED) is 0.894. The van der Waals surface area contributed by atoms with E-state index in [0.29, 0.717) is 11.3 Å². The Morgan fingerprint density at radius 2 is 2.15 bits per heavy atom. The van der Waals surface area contributed by atoms with E-state index in [9.17, 15) is 9.59 Å². The molecular weight excluding hydrogens is 258 g/mol. The van der Waals surface area contributed by atoms with Crippen LogP contribution in [0.1, 0.15) is 12.8 Å². The first kappa shape index (κ1) is 12.4. The van der Waals surface area contributed by atoms with Crippen LogP contribution in [0.3, 0.4) is 0 Å². The van der Waals surface area contributed by atoms with Gasteiger partial charge in [0.15, 0.2) is 0 Å². The van der Waals surface area contributed by atoms with Crippen molar-refractivity contribution in [2.75, 3.05) is 5.32 Å². The molecule has 1 saturated carbocycles. The average Bonchev–Trinajstić information content (AvgIpc) is 3.26. The maximum Gasteiger partial charge on any atom is 0.360 e. The van der Waals surface area contributed by atoms with Crippen LogP contribution in [0.5, 0.6) is 0 Å². The molecule has 2 aromatic heterocycles. The third-order valence-electron chi connectivity index (χ3n) is 2.93. The second-order valence-corrected chi connectivity index (χ2v) is 4.62. The molecule has 1 aliphatic rings. The van der Waals surface area contributed by atoms with Crippen LogP contribution in [0.25, 0.3) is 11.3 Å².